The van der Waals surface area contributed by atoms with Gasteiger partial charge in [-0.3, -0.25) is 4.68 Å². The van der Waals surface area contributed by atoms with Crippen LogP contribution in [0.2, 0.25) is 0 Å². The average molecular weight is 249 g/mol. The Labute approximate surface area is 111 Å². The summed E-state index contributed by atoms with van der Waals surface area (Å²) in [5.41, 5.74) is 3.95. The molecule has 0 bridgehead atoms. The molecule has 0 amide bonds. The minimum atomic E-state index is 0.704. The van der Waals surface area contributed by atoms with Gasteiger partial charge in [0.05, 0.1) is 5.69 Å². The normalized spacial score (nSPS) is 16.3. The Hall–Kier alpha value is -0.830. The van der Waals surface area contributed by atoms with Gasteiger partial charge in [-0.2, -0.15) is 5.10 Å². The van der Waals surface area contributed by atoms with Crippen LogP contribution in [0.4, 0.5) is 0 Å². The van der Waals surface area contributed by atoms with Crippen LogP contribution in [0.1, 0.15) is 50.1 Å². The van der Waals surface area contributed by atoms with Crippen LogP contribution in [0.3, 0.4) is 0 Å². The Morgan fingerprint density at radius 3 is 2.61 bits per heavy atom. The number of aryl methyl sites for hydroxylation is 1. The monoisotopic (exact) mass is 249 g/mol. The molecule has 102 valence electrons. The molecule has 0 radical (unpaired) electrons. The lowest BCUT2D eigenvalue weighted by Gasteiger charge is -2.25. The van der Waals surface area contributed by atoms with E-state index in [2.05, 4.69) is 37.7 Å². The van der Waals surface area contributed by atoms with Crippen LogP contribution in [0.5, 0.6) is 0 Å². The van der Waals surface area contributed by atoms with Crippen molar-refractivity contribution in [2.75, 3.05) is 6.54 Å². The van der Waals surface area contributed by atoms with Gasteiger partial charge >= 0.3 is 0 Å². The second kappa shape index (κ2) is 5.87. The van der Waals surface area contributed by atoms with E-state index in [0.29, 0.717) is 5.92 Å². The summed E-state index contributed by atoms with van der Waals surface area (Å²) in [6.07, 6.45) is 4.19. The molecule has 0 aromatic carbocycles. The molecule has 1 N–H and O–H groups in total. The molecule has 3 heteroatoms. The fraction of sp³-hybridized carbons (Fsp3) is 0.800. The minimum absolute atomic E-state index is 0.704. The van der Waals surface area contributed by atoms with Crippen molar-refractivity contribution in [3.63, 3.8) is 0 Å². The summed E-state index contributed by atoms with van der Waals surface area (Å²) >= 11 is 0. The summed E-state index contributed by atoms with van der Waals surface area (Å²) in [5.74, 6) is 1.58. The molecule has 0 spiro atoms. The van der Waals surface area contributed by atoms with Crippen molar-refractivity contribution >= 4 is 0 Å². The van der Waals surface area contributed by atoms with Crippen molar-refractivity contribution in [1.29, 1.82) is 0 Å². The van der Waals surface area contributed by atoms with Gasteiger partial charge in [-0.1, -0.05) is 20.3 Å². The van der Waals surface area contributed by atoms with E-state index in [0.717, 1.165) is 25.6 Å². The van der Waals surface area contributed by atoms with Crippen LogP contribution < -0.4 is 5.32 Å². The summed E-state index contributed by atoms with van der Waals surface area (Å²) in [5, 5.41) is 8.23. The van der Waals surface area contributed by atoms with Gasteiger partial charge in [0.1, 0.15) is 0 Å². The van der Waals surface area contributed by atoms with Crippen LogP contribution in [-0.4, -0.2) is 16.3 Å². The molecule has 3 nitrogen and oxygen atoms in total. The molecule has 1 aliphatic carbocycles. The first-order valence-corrected chi connectivity index (χ1v) is 7.31. The molecule has 1 aliphatic rings. The van der Waals surface area contributed by atoms with Gasteiger partial charge in [-0.15, -0.1) is 0 Å². The maximum atomic E-state index is 4.71. The van der Waals surface area contributed by atoms with Crippen LogP contribution in [-0.2, 0) is 13.1 Å². The second-order valence-corrected chi connectivity index (χ2v) is 6.15. The summed E-state index contributed by atoms with van der Waals surface area (Å²) in [6, 6.07) is 0. The zero-order valence-electron chi connectivity index (χ0n) is 12.3. The maximum Gasteiger partial charge on any atom is 0.0641 e. The minimum Gasteiger partial charge on any atom is -0.312 e. The van der Waals surface area contributed by atoms with Crippen molar-refractivity contribution in [2.45, 2.75) is 60.0 Å². The lowest BCUT2D eigenvalue weighted by molar-refractivity contribution is 0.264. The van der Waals surface area contributed by atoms with E-state index in [-0.39, 0.29) is 0 Å². The third-order valence-corrected chi connectivity index (χ3v) is 4.04. The lowest BCUT2D eigenvalue weighted by Crippen LogP contribution is -2.21. The molecule has 18 heavy (non-hydrogen) atoms. The Morgan fingerprint density at radius 2 is 2.06 bits per heavy atom. The van der Waals surface area contributed by atoms with Crippen LogP contribution in [0, 0.1) is 25.7 Å². The molecule has 0 aliphatic heterocycles. The highest BCUT2D eigenvalue weighted by Crippen LogP contribution is 2.28. The SMILES string of the molecule is Cc1nn(CC2CCC2)c(C)c1CNCC(C)C. The van der Waals surface area contributed by atoms with Crippen molar-refractivity contribution < 1.29 is 0 Å². The standard InChI is InChI=1S/C15H27N3/c1-11(2)8-16-9-15-12(3)17-18(13(15)4)10-14-6-5-7-14/h11,14,16H,5-10H2,1-4H3. The first-order chi connectivity index (χ1) is 8.58. The first-order valence-electron chi connectivity index (χ1n) is 7.31. The van der Waals surface area contributed by atoms with Gasteiger partial charge in [-0.25, -0.2) is 0 Å². The first kappa shape index (κ1) is 13.6. The molecule has 1 aromatic rings. The van der Waals surface area contributed by atoms with E-state index in [4.69, 9.17) is 5.10 Å². The number of aromatic nitrogens is 2. The van der Waals surface area contributed by atoms with Crippen molar-refractivity contribution in [2.24, 2.45) is 11.8 Å². The van der Waals surface area contributed by atoms with E-state index >= 15 is 0 Å². The summed E-state index contributed by atoms with van der Waals surface area (Å²) in [6.45, 7) is 12.0. The van der Waals surface area contributed by atoms with Gasteiger partial charge in [0.15, 0.2) is 0 Å². The molecular weight excluding hydrogens is 222 g/mol. The van der Waals surface area contributed by atoms with Crippen molar-refractivity contribution in [3.8, 4) is 0 Å². The molecule has 1 aromatic heterocycles. The highest BCUT2D eigenvalue weighted by atomic mass is 15.3. The zero-order chi connectivity index (χ0) is 13.1. The fourth-order valence-electron chi connectivity index (χ4n) is 2.57. The van der Waals surface area contributed by atoms with E-state index in [1.807, 2.05) is 0 Å². The largest absolute Gasteiger partial charge is 0.312 e. The van der Waals surface area contributed by atoms with Crippen molar-refractivity contribution in [1.82, 2.24) is 15.1 Å². The summed E-state index contributed by atoms with van der Waals surface area (Å²) in [4.78, 5) is 0. The van der Waals surface area contributed by atoms with E-state index < -0.39 is 0 Å². The number of hydrogen-bond acceptors (Lipinski definition) is 2. The Morgan fingerprint density at radius 1 is 1.33 bits per heavy atom. The molecular formula is C15H27N3. The van der Waals surface area contributed by atoms with Gasteiger partial charge in [-0.05, 0) is 45.1 Å². The Bertz CT molecular complexity index is 389. The summed E-state index contributed by atoms with van der Waals surface area (Å²) < 4.78 is 2.23. The maximum absolute atomic E-state index is 4.71. The van der Waals surface area contributed by atoms with Gasteiger partial charge in [0.2, 0.25) is 0 Å². The van der Waals surface area contributed by atoms with Crippen LogP contribution in [0.25, 0.3) is 0 Å². The zero-order valence-corrected chi connectivity index (χ0v) is 12.3. The Kier molecular flexibility index (Phi) is 4.44. The second-order valence-electron chi connectivity index (χ2n) is 6.15. The lowest BCUT2D eigenvalue weighted by atomic mass is 9.85. The third kappa shape index (κ3) is 3.14. The summed E-state index contributed by atoms with van der Waals surface area (Å²) in [7, 11) is 0. The molecule has 1 fully saturated rings. The molecule has 1 heterocycles. The van der Waals surface area contributed by atoms with Gasteiger partial charge in [0.25, 0.3) is 0 Å². The Balaban J connectivity index is 1.96. The third-order valence-electron chi connectivity index (χ3n) is 4.04. The predicted octanol–water partition coefficient (Wildman–Crippen LogP) is 3.05. The van der Waals surface area contributed by atoms with Gasteiger partial charge < -0.3 is 5.32 Å². The fourth-order valence-corrected chi connectivity index (χ4v) is 2.57. The highest BCUT2D eigenvalue weighted by Gasteiger charge is 2.20. The molecule has 1 saturated carbocycles. The number of rotatable bonds is 6. The average Bonchev–Trinajstić information content (AvgIpc) is 2.50. The topological polar surface area (TPSA) is 29.9 Å². The van der Waals surface area contributed by atoms with Crippen molar-refractivity contribution in [3.05, 3.63) is 17.0 Å². The predicted molar refractivity (Wildman–Crippen MR) is 75.6 cm³/mol. The smallest absolute Gasteiger partial charge is 0.0641 e. The van der Waals surface area contributed by atoms with Crippen LogP contribution >= 0.6 is 0 Å². The molecule has 0 saturated heterocycles. The van der Waals surface area contributed by atoms with E-state index in [9.17, 15) is 0 Å². The number of hydrogen-bond donors (Lipinski definition) is 1. The quantitative estimate of drug-likeness (QED) is 0.840. The highest BCUT2D eigenvalue weighted by molar-refractivity contribution is 5.24. The molecule has 2 rings (SSSR count). The van der Waals surface area contributed by atoms with E-state index in [1.165, 1.54) is 36.2 Å². The molecule has 0 atom stereocenters. The molecule has 0 unspecified atom stereocenters. The van der Waals surface area contributed by atoms with Gasteiger partial charge in [0, 0.05) is 24.3 Å². The van der Waals surface area contributed by atoms with E-state index in [1.54, 1.807) is 0 Å². The number of nitrogens with one attached hydrogen (secondary N) is 1. The number of nitrogens with zero attached hydrogens (tertiary/aromatic N) is 2. The van der Waals surface area contributed by atoms with Crippen LogP contribution in [0.15, 0.2) is 0 Å².